The summed E-state index contributed by atoms with van der Waals surface area (Å²) in [4.78, 5) is 11.5. The maximum atomic E-state index is 4.64. The van der Waals surface area contributed by atoms with E-state index in [1.165, 1.54) is 5.56 Å². The highest BCUT2D eigenvalue weighted by Gasteiger charge is 2.09. The van der Waals surface area contributed by atoms with E-state index in [1.807, 2.05) is 17.9 Å². The Balaban J connectivity index is 1.69. The van der Waals surface area contributed by atoms with E-state index in [9.17, 15) is 0 Å². The first kappa shape index (κ1) is 16.9. The first-order valence-electron chi connectivity index (χ1n) is 8.97. The van der Waals surface area contributed by atoms with Crippen molar-refractivity contribution in [2.45, 2.75) is 20.4 Å². The van der Waals surface area contributed by atoms with E-state index in [0.717, 1.165) is 46.9 Å². The van der Waals surface area contributed by atoms with Crippen molar-refractivity contribution in [1.82, 2.24) is 19.4 Å². The minimum absolute atomic E-state index is 0.968. The minimum atomic E-state index is 0.968. The van der Waals surface area contributed by atoms with Gasteiger partial charge < -0.3 is 0 Å². The molecule has 0 amide bonds. The molecule has 4 rings (SSSR count). The highest BCUT2D eigenvalue weighted by molar-refractivity contribution is 7.13. The topological polar surface area (TPSA) is 34.0 Å². The van der Waals surface area contributed by atoms with Crippen LogP contribution in [0.5, 0.6) is 0 Å². The van der Waals surface area contributed by atoms with Gasteiger partial charge in [-0.3, -0.25) is 9.47 Å². The third-order valence-corrected chi connectivity index (χ3v) is 5.54. The maximum absolute atomic E-state index is 4.64. The summed E-state index contributed by atoms with van der Waals surface area (Å²) >= 11 is 1.66. The summed E-state index contributed by atoms with van der Waals surface area (Å²) < 4.78 is 2.15. The molecule has 2 aromatic heterocycles. The quantitative estimate of drug-likeness (QED) is 0.484. The molecule has 0 unspecified atom stereocenters. The highest BCUT2D eigenvalue weighted by atomic mass is 32.1. The zero-order valence-electron chi connectivity index (χ0n) is 15.1. The number of hydrogen-bond acceptors (Lipinski definition) is 4. The van der Waals surface area contributed by atoms with Gasteiger partial charge >= 0.3 is 0 Å². The van der Waals surface area contributed by atoms with Crippen molar-refractivity contribution < 1.29 is 0 Å². The van der Waals surface area contributed by atoms with Crippen molar-refractivity contribution in [1.29, 1.82) is 0 Å². The average Bonchev–Trinajstić information content (AvgIpc) is 3.36. The molecule has 0 bridgehead atoms. The molecule has 4 nitrogen and oxygen atoms in total. The molecule has 0 N–H and O–H groups in total. The number of thiazole rings is 1. The summed E-state index contributed by atoms with van der Waals surface area (Å²) in [5.74, 6) is 0. The third kappa shape index (κ3) is 3.28. The predicted octanol–water partition coefficient (Wildman–Crippen LogP) is 4.99. The van der Waals surface area contributed by atoms with E-state index in [4.69, 9.17) is 0 Å². The smallest absolute Gasteiger partial charge is 0.123 e. The monoisotopic (exact) mass is 362 g/mol. The van der Waals surface area contributed by atoms with Crippen LogP contribution in [-0.4, -0.2) is 32.5 Å². The zero-order valence-corrected chi connectivity index (χ0v) is 15.9. The van der Waals surface area contributed by atoms with Crippen molar-refractivity contribution in [2.75, 3.05) is 13.1 Å². The Kier molecular flexibility index (Phi) is 4.82. The molecule has 26 heavy (non-hydrogen) atoms. The number of fused-ring (bicyclic) bond motifs is 1. The molecule has 0 atom stereocenters. The van der Waals surface area contributed by atoms with Gasteiger partial charge in [-0.05, 0) is 42.9 Å². The Labute approximate surface area is 157 Å². The number of imidazole rings is 1. The summed E-state index contributed by atoms with van der Waals surface area (Å²) in [5.41, 5.74) is 5.72. The van der Waals surface area contributed by atoms with Gasteiger partial charge in [0, 0.05) is 29.4 Å². The van der Waals surface area contributed by atoms with Crippen LogP contribution in [0.25, 0.3) is 27.3 Å². The van der Waals surface area contributed by atoms with Crippen molar-refractivity contribution in [3.8, 4) is 16.3 Å². The van der Waals surface area contributed by atoms with Gasteiger partial charge in [-0.2, -0.15) is 0 Å². The van der Waals surface area contributed by atoms with E-state index in [2.05, 4.69) is 75.7 Å². The van der Waals surface area contributed by atoms with Crippen molar-refractivity contribution >= 4 is 22.4 Å². The average molecular weight is 363 g/mol. The second-order valence-electron chi connectivity index (χ2n) is 6.29. The molecule has 0 radical (unpaired) electrons. The van der Waals surface area contributed by atoms with Crippen molar-refractivity contribution in [3.63, 3.8) is 0 Å². The summed E-state index contributed by atoms with van der Waals surface area (Å²) in [6.07, 6.45) is 3.75. The molecule has 0 spiro atoms. The lowest BCUT2D eigenvalue weighted by Crippen LogP contribution is -2.21. The summed E-state index contributed by atoms with van der Waals surface area (Å²) in [5, 5.41) is 3.05. The molecule has 0 aliphatic carbocycles. The molecule has 132 valence electrons. The van der Waals surface area contributed by atoms with E-state index < -0.39 is 0 Å². The molecule has 5 heteroatoms. The molecule has 0 aliphatic rings. The Morgan fingerprint density at radius 3 is 2.69 bits per heavy atom. The van der Waals surface area contributed by atoms with E-state index in [1.54, 1.807) is 11.3 Å². The predicted molar refractivity (Wildman–Crippen MR) is 109 cm³/mol. The highest BCUT2D eigenvalue weighted by Crippen LogP contribution is 2.26. The van der Waals surface area contributed by atoms with Gasteiger partial charge in [0.1, 0.15) is 11.3 Å². The fourth-order valence-electron chi connectivity index (χ4n) is 3.22. The van der Waals surface area contributed by atoms with Crippen LogP contribution in [-0.2, 0) is 6.54 Å². The van der Waals surface area contributed by atoms with Gasteiger partial charge in [0.15, 0.2) is 0 Å². The molecule has 0 saturated carbocycles. The van der Waals surface area contributed by atoms with E-state index >= 15 is 0 Å². The number of hydrogen-bond donors (Lipinski definition) is 0. The normalized spacial score (nSPS) is 11.5. The molecule has 2 heterocycles. The number of benzene rings is 2. The molecule has 2 aromatic carbocycles. The molecule has 0 fully saturated rings. The number of aromatic nitrogens is 3. The van der Waals surface area contributed by atoms with Crippen molar-refractivity contribution in [3.05, 3.63) is 65.9 Å². The zero-order chi connectivity index (χ0) is 17.9. The summed E-state index contributed by atoms with van der Waals surface area (Å²) in [6, 6.07) is 15.1. The van der Waals surface area contributed by atoms with Crippen LogP contribution in [0, 0.1) is 0 Å². The minimum Gasteiger partial charge on any atom is -0.300 e. The standard InChI is InChI=1S/C21H22N4S/c1-3-24(4-2)14-16-8-9-20-19(12-16)23-15-25(20)18-7-5-6-17(13-18)21-22-10-11-26-21/h5-13,15H,3-4,14H2,1-2H3. The van der Waals surface area contributed by atoms with Gasteiger partial charge in [0.25, 0.3) is 0 Å². The molecule has 4 aromatic rings. The lowest BCUT2D eigenvalue weighted by Gasteiger charge is -2.17. The summed E-state index contributed by atoms with van der Waals surface area (Å²) in [7, 11) is 0. The Hall–Kier alpha value is -2.50. The van der Waals surface area contributed by atoms with Crippen molar-refractivity contribution in [2.24, 2.45) is 0 Å². The van der Waals surface area contributed by atoms with Gasteiger partial charge in [-0.1, -0.05) is 32.0 Å². The fraction of sp³-hybridized carbons (Fsp3) is 0.238. The van der Waals surface area contributed by atoms with Crippen LogP contribution < -0.4 is 0 Å². The molecular weight excluding hydrogens is 340 g/mol. The lowest BCUT2D eigenvalue weighted by molar-refractivity contribution is 0.296. The van der Waals surface area contributed by atoms with Gasteiger partial charge in [-0.25, -0.2) is 9.97 Å². The number of rotatable bonds is 6. The van der Waals surface area contributed by atoms with Crippen LogP contribution in [0.3, 0.4) is 0 Å². The summed E-state index contributed by atoms with van der Waals surface area (Å²) in [6.45, 7) is 7.49. The van der Waals surface area contributed by atoms with E-state index in [-0.39, 0.29) is 0 Å². The van der Waals surface area contributed by atoms with Gasteiger partial charge in [0.2, 0.25) is 0 Å². The maximum Gasteiger partial charge on any atom is 0.123 e. The first-order chi connectivity index (χ1) is 12.8. The fourth-order valence-corrected chi connectivity index (χ4v) is 3.86. The van der Waals surface area contributed by atoms with Gasteiger partial charge in [-0.15, -0.1) is 11.3 Å². The molecular formula is C21H22N4S. The van der Waals surface area contributed by atoms with Crippen LogP contribution in [0.15, 0.2) is 60.4 Å². The Morgan fingerprint density at radius 2 is 1.92 bits per heavy atom. The third-order valence-electron chi connectivity index (χ3n) is 4.72. The second kappa shape index (κ2) is 7.40. The van der Waals surface area contributed by atoms with Crippen LogP contribution >= 0.6 is 11.3 Å². The van der Waals surface area contributed by atoms with Crippen LogP contribution in [0.2, 0.25) is 0 Å². The Bertz CT molecular complexity index is 1000. The Morgan fingerprint density at radius 1 is 1.04 bits per heavy atom. The second-order valence-corrected chi connectivity index (χ2v) is 7.18. The van der Waals surface area contributed by atoms with Crippen LogP contribution in [0.1, 0.15) is 19.4 Å². The molecule has 0 aliphatic heterocycles. The SMILES string of the molecule is CCN(CC)Cc1ccc2c(c1)ncn2-c1cccc(-c2nccs2)c1. The lowest BCUT2D eigenvalue weighted by atomic mass is 10.1. The van der Waals surface area contributed by atoms with Crippen LogP contribution in [0.4, 0.5) is 0 Å². The van der Waals surface area contributed by atoms with E-state index in [0.29, 0.717) is 0 Å². The van der Waals surface area contributed by atoms with Gasteiger partial charge in [0.05, 0.1) is 11.0 Å². The number of nitrogens with zero attached hydrogens (tertiary/aromatic N) is 4. The first-order valence-corrected chi connectivity index (χ1v) is 9.85. The molecule has 0 saturated heterocycles. The largest absolute Gasteiger partial charge is 0.300 e.